The van der Waals surface area contributed by atoms with Gasteiger partial charge in [-0.2, -0.15) is 0 Å². The van der Waals surface area contributed by atoms with Crippen molar-refractivity contribution in [3.63, 3.8) is 0 Å². The van der Waals surface area contributed by atoms with E-state index in [2.05, 4.69) is 0 Å². The van der Waals surface area contributed by atoms with E-state index in [4.69, 9.17) is 4.74 Å². The summed E-state index contributed by atoms with van der Waals surface area (Å²) >= 11 is 0. The average molecular weight is 304 g/mol. The molecule has 1 atom stereocenters. The monoisotopic (exact) mass is 304 g/mol. The van der Waals surface area contributed by atoms with Gasteiger partial charge in [-0.25, -0.2) is 9.18 Å². The van der Waals surface area contributed by atoms with Crippen LogP contribution >= 0.6 is 0 Å². The molecule has 1 unspecified atom stereocenters. The number of carbonyl (C=O) groups excluding carboxylic acids is 1. The number of hydrogen-bond donors (Lipinski definition) is 0. The van der Waals surface area contributed by atoms with Gasteiger partial charge >= 0.3 is 5.97 Å². The Balaban J connectivity index is 2.81. The van der Waals surface area contributed by atoms with Crippen LogP contribution in [0.5, 0.6) is 0 Å². The summed E-state index contributed by atoms with van der Waals surface area (Å²) in [6.45, 7) is 9.89. The van der Waals surface area contributed by atoms with E-state index in [-0.39, 0.29) is 0 Å². The Bertz CT molecular complexity index is 575. The smallest absolute Gasteiger partial charge is 0.349 e. The maximum absolute atomic E-state index is 14.5. The molecule has 0 bridgehead atoms. The maximum Gasteiger partial charge on any atom is 0.349 e. The minimum absolute atomic E-state index is 0.369. The Morgan fingerprint density at radius 3 is 2.09 bits per heavy atom. The Labute approximate surface area is 132 Å². The van der Waals surface area contributed by atoms with Crippen LogP contribution in [0.1, 0.15) is 47.1 Å². The third-order valence-electron chi connectivity index (χ3n) is 3.84. The van der Waals surface area contributed by atoms with Gasteiger partial charge in [-0.05, 0) is 38.0 Å². The fourth-order valence-electron chi connectivity index (χ4n) is 1.62. The third kappa shape index (κ3) is 4.55. The molecule has 2 nitrogen and oxygen atoms in total. The molecule has 0 saturated heterocycles. The highest BCUT2D eigenvalue weighted by molar-refractivity contribution is 5.81. The van der Waals surface area contributed by atoms with Crippen LogP contribution < -0.4 is 0 Å². The van der Waals surface area contributed by atoms with E-state index in [1.54, 1.807) is 33.8 Å². The molecule has 22 heavy (non-hydrogen) atoms. The highest BCUT2D eigenvalue weighted by Crippen LogP contribution is 2.35. The molecule has 120 valence electrons. The van der Waals surface area contributed by atoms with E-state index in [1.165, 1.54) is 6.92 Å². The highest BCUT2D eigenvalue weighted by atomic mass is 19.1. The van der Waals surface area contributed by atoms with Crippen LogP contribution in [0.15, 0.2) is 48.2 Å². The topological polar surface area (TPSA) is 26.3 Å². The van der Waals surface area contributed by atoms with Crippen LogP contribution in [0, 0.1) is 5.41 Å². The van der Waals surface area contributed by atoms with Crippen LogP contribution in [-0.4, -0.2) is 11.6 Å². The van der Waals surface area contributed by atoms with Gasteiger partial charge in [0.2, 0.25) is 5.67 Å². The normalized spacial score (nSPS) is 16.1. The zero-order valence-corrected chi connectivity index (χ0v) is 14.2. The predicted octanol–water partition coefficient (Wildman–Crippen LogP) is 5.31. The first-order chi connectivity index (χ1) is 10.1. The van der Waals surface area contributed by atoms with Crippen molar-refractivity contribution in [3.05, 3.63) is 53.8 Å². The maximum atomic E-state index is 14.5. The number of carbonyl (C=O) groups is 1. The predicted molar refractivity (Wildman–Crippen MR) is 88.9 cm³/mol. The van der Waals surface area contributed by atoms with Crippen LogP contribution in [0.2, 0.25) is 0 Å². The second-order valence-corrected chi connectivity index (χ2v) is 6.64. The second-order valence-electron chi connectivity index (χ2n) is 6.64. The van der Waals surface area contributed by atoms with Gasteiger partial charge in [0.15, 0.2) is 0 Å². The summed E-state index contributed by atoms with van der Waals surface area (Å²) in [5, 5.41) is 0. The van der Waals surface area contributed by atoms with Crippen molar-refractivity contribution in [3.8, 4) is 0 Å². The molecule has 1 rings (SSSR count). The molecule has 0 fully saturated rings. The quantitative estimate of drug-likeness (QED) is 0.428. The zero-order chi connectivity index (χ0) is 17.0. The molecule has 0 N–H and O–H groups in total. The first kappa shape index (κ1) is 18.1. The molecule has 0 spiro atoms. The minimum Gasteiger partial charge on any atom is -0.429 e. The molecule has 3 heteroatoms. The summed E-state index contributed by atoms with van der Waals surface area (Å²) in [6, 6.07) is 9.87. The first-order valence-electron chi connectivity index (χ1n) is 7.37. The van der Waals surface area contributed by atoms with Crippen LogP contribution in [0.4, 0.5) is 4.39 Å². The number of hydrogen-bond acceptors (Lipinski definition) is 2. The summed E-state index contributed by atoms with van der Waals surface area (Å²) < 4.78 is 19.6. The molecule has 0 radical (unpaired) electrons. The van der Waals surface area contributed by atoms with Crippen molar-refractivity contribution in [2.24, 2.45) is 5.41 Å². The van der Waals surface area contributed by atoms with E-state index in [1.807, 2.05) is 43.3 Å². The molecule has 0 aromatic heterocycles. The van der Waals surface area contributed by atoms with E-state index in [9.17, 15) is 9.18 Å². The minimum atomic E-state index is -2.04. The first-order valence-corrected chi connectivity index (χ1v) is 7.37. The fraction of sp³-hybridized carbons (Fsp3) is 0.421. The Morgan fingerprint density at radius 1 is 1.05 bits per heavy atom. The van der Waals surface area contributed by atoms with Crippen LogP contribution in [-0.2, 0) is 9.53 Å². The largest absolute Gasteiger partial charge is 0.429 e. The van der Waals surface area contributed by atoms with Gasteiger partial charge in [-0.3, -0.25) is 0 Å². The number of esters is 1. The van der Waals surface area contributed by atoms with Gasteiger partial charge in [-0.1, -0.05) is 57.2 Å². The lowest BCUT2D eigenvalue weighted by Crippen LogP contribution is -2.44. The molecule has 0 saturated carbocycles. The summed E-state index contributed by atoms with van der Waals surface area (Å²) in [5.74, 6) is -0.493. The molecule has 0 heterocycles. The summed E-state index contributed by atoms with van der Waals surface area (Å²) in [6.07, 6.45) is 3.53. The SMILES string of the molecule is C/C(=C\C=C(/C)c1ccccc1)OC(=O)C(C)(F)C(C)(C)C. The van der Waals surface area contributed by atoms with Gasteiger partial charge in [0.1, 0.15) is 5.76 Å². The molecular weight excluding hydrogens is 279 g/mol. The highest BCUT2D eigenvalue weighted by Gasteiger charge is 2.46. The fourth-order valence-corrected chi connectivity index (χ4v) is 1.62. The van der Waals surface area contributed by atoms with Crippen molar-refractivity contribution < 1.29 is 13.9 Å². The molecule has 0 amide bonds. The molecule has 0 aliphatic rings. The number of alkyl halides is 1. The van der Waals surface area contributed by atoms with Crippen molar-refractivity contribution >= 4 is 11.5 Å². The van der Waals surface area contributed by atoms with Gasteiger partial charge in [0.25, 0.3) is 0 Å². The van der Waals surface area contributed by atoms with Crippen LogP contribution in [0.25, 0.3) is 5.57 Å². The lowest BCUT2D eigenvalue weighted by atomic mass is 9.79. The van der Waals surface area contributed by atoms with Gasteiger partial charge in [-0.15, -0.1) is 0 Å². The Morgan fingerprint density at radius 2 is 1.59 bits per heavy atom. The molecule has 1 aromatic carbocycles. The summed E-state index contributed by atoms with van der Waals surface area (Å²) in [7, 11) is 0. The van der Waals surface area contributed by atoms with E-state index < -0.39 is 17.1 Å². The Hall–Kier alpha value is -1.90. The zero-order valence-electron chi connectivity index (χ0n) is 14.2. The van der Waals surface area contributed by atoms with E-state index in [0.717, 1.165) is 11.1 Å². The van der Waals surface area contributed by atoms with Crippen molar-refractivity contribution in [2.75, 3.05) is 0 Å². The number of benzene rings is 1. The second kappa shape index (κ2) is 6.91. The van der Waals surface area contributed by atoms with Gasteiger partial charge < -0.3 is 4.74 Å². The number of rotatable bonds is 4. The molecule has 0 aliphatic carbocycles. The summed E-state index contributed by atoms with van der Waals surface area (Å²) in [4.78, 5) is 12.0. The van der Waals surface area contributed by atoms with Crippen molar-refractivity contribution in [1.82, 2.24) is 0 Å². The lowest BCUT2D eigenvalue weighted by Gasteiger charge is -2.31. The van der Waals surface area contributed by atoms with Crippen molar-refractivity contribution in [2.45, 2.75) is 47.2 Å². The lowest BCUT2D eigenvalue weighted by molar-refractivity contribution is -0.159. The summed E-state index contributed by atoms with van der Waals surface area (Å²) in [5.41, 5.74) is -0.738. The average Bonchev–Trinajstić information content (AvgIpc) is 2.44. The number of ether oxygens (including phenoxy) is 1. The van der Waals surface area contributed by atoms with E-state index in [0.29, 0.717) is 5.76 Å². The molecular formula is C19H25FO2. The Kier molecular flexibility index (Phi) is 5.70. The standard InChI is InChI=1S/C19H25FO2/c1-14(16-10-8-7-9-11-16)12-13-15(2)22-17(21)19(6,20)18(3,4)5/h7-13H,1-6H3/b14-12+,15-13+. The van der Waals surface area contributed by atoms with Crippen LogP contribution in [0.3, 0.4) is 0 Å². The molecule has 0 aliphatic heterocycles. The third-order valence-corrected chi connectivity index (χ3v) is 3.84. The van der Waals surface area contributed by atoms with Crippen molar-refractivity contribution in [1.29, 1.82) is 0 Å². The molecule has 1 aromatic rings. The number of allylic oxidation sites excluding steroid dienone is 4. The number of halogens is 1. The van der Waals surface area contributed by atoms with E-state index >= 15 is 0 Å². The van der Waals surface area contributed by atoms with Gasteiger partial charge in [0.05, 0.1) is 0 Å². The van der Waals surface area contributed by atoms with Gasteiger partial charge in [0, 0.05) is 5.41 Å².